The van der Waals surface area contributed by atoms with Crippen LogP contribution in [0.3, 0.4) is 0 Å². The first-order valence-corrected chi connectivity index (χ1v) is 11.4. The Bertz CT molecular complexity index is 1190. The Kier molecular flexibility index (Phi) is 7.50. The lowest BCUT2D eigenvalue weighted by Crippen LogP contribution is -2.69. The third-order valence-electron chi connectivity index (χ3n) is 6.21. The Labute approximate surface area is 202 Å². The molecule has 1 unspecified atom stereocenters. The van der Waals surface area contributed by atoms with E-state index in [2.05, 4.69) is 27.7 Å². The molecule has 2 aliphatic heterocycles. The molecule has 9 heteroatoms. The number of carboxylic acid groups (broad SMARTS) is 1. The number of hydrogen-bond acceptors (Lipinski definition) is 6. The molecule has 0 bridgehead atoms. The molecule has 1 atom stereocenters. The summed E-state index contributed by atoms with van der Waals surface area (Å²) < 4.78 is 6.12. The number of nitrogens with zero attached hydrogens (tertiary/aromatic N) is 1. The monoisotopic (exact) mass is 479 g/mol. The molecule has 5 N–H and O–H groups in total. The predicted molar refractivity (Wildman–Crippen MR) is 131 cm³/mol. The fourth-order valence-electron chi connectivity index (χ4n) is 4.74. The molecule has 5 rings (SSSR count). The topological polar surface area (TPSA) is 131 Å². The van der Waals surface area contributed by atoms with Crippen molar-refractivity contribution in [1.29, 1.82) is 0 Å². The summed E-state index contributed by atoms with van der Waals surface area (Å²) in [5.74, 6) is 0.699. The van der Waals surface area contributed by atoms with Crippen LogP contribution in [0, 0.1) is 0 Å². The molecular formula is C26H29N3O6. The number of likely N-dealkylation sites (tertiary alicyclic amines) is 1. The van der Waals surface area contributed by atoms with Gasteiger partial charge >= 0.3 is 6.03 Å². The van der Waals surface area contributed by atoms with E-state index in [1.54, 1.807) is 0 Å². The zero-order chi connectivity index (χ0) is 24.8. The first-order valence-electron chi connectivity index (χ1n) is 11.4. The van der Waals surface area contributed by atoms with Gasteiger partial charge in [0.2, 0.25) is 0 Å². The first-order chi connectivity index (χ1) is 17.0. The van der Waals surface area contributed by atoms with E-state index in [9.17, 15) is 15.0 Å². The van der Waals surface area contributed by atoms with E-state index in [0.29, 0.717) is 18.8 Å². The molecule has 2 heterocycles. The van der Waals surface area contributed by atoms with Crippen molar-refractivity contribution in [3.63, 3.8) is 0 Å². The fraction of sp³-hybridized carbons (Fsp3) is 0.308. The molecule has 3 aromatic carbocycles. The number of fused-ring (bicyclic) bond motifs is 1. The zero-order valence-corrected chi connectivity index (χ0v) is 19.2. The van der Waals surface area contributed by atoms with Crippen LogP contribution in [-0.2, 0) is 11.4 Å². The summed E-state index contributed by atoms with van der Waals surface area (Å²) in [7, 11) is 0. The van der Waals surface area contributed by atoms with Crippen LogP contribution in [0.4, 0.5) is 4.79 Å². The molecule has 2 fully saturated rings. The molecule has 3 aromatic rings. The van der Waals surface area contributed by atoms with Crippen LogP contribution in [0.25, 0.3) is 21.9 Å². The summed E-state index contributed by atoms with van der Waals surface area (Å²) in [6.45, 7) is 2.44. The van der Waals surface area contributed by atoms with Crippen LogP contribution >= 0.6 is 0 Å². The SMILES string of the molecule is O=C1NCC2(CN(CC(O)COc3ccc4ccccc4c3-c3cccc(CO)c3)C2)N1.O=CO. The minimum absolute atomic E-state index is 0.0270. The molecule has 184 valence electrons. The first kappa shape index (κ1) is 24.5. The number of carbonyl (C=O) groups excluding carboxylic acids is 1. The van der Waals surface area contributed by atoms with Crippen LogP contribution in [-0.4, -0.2) is 77.2 Å². The lowest BCUT2D eigenvalue weighted by Gasteiger charge is -2.47. The Morgan fingerprint density at radius 3 is 2.60 bits per heavy atom. The van der Waals surface area contributed by atoms with Crippen LogP contribution in [0.2, 0.25) is 0 Å². The number of ether oxygens (including phenoxy) is 1. The van der Waals surface area contributed by atoms with Gasteiger partial charge in [0, 0.05) is 31.7 Å². The van der Waals surface area contributed by atoms with E-state index in [4.69, 9.17) is 14.6 Å². The number of aliphatic hydroxyl groups is 2. The number of hydrogen-bond donors (Lipinski definition) is 5. The number of urea groups is 1. The fourth-order valence-corrected chi connectivity index (χ4v) is 4.74. The molecule has 0 radical (unpaired) electrons. The minimum Gasteiger partial charge on any atom is -0.490 e. The Morgan fingerprint density at radius 2 is 1.89 bits per heavy atom. The van der Waals surface area contributed by atoms with E-state index in [-0.39, 0.29) is 31.3 Å². The number of aliphatic hydroxyl groups excluding tert-OH is 2. The summed E-state index contributed by atoms with van der Waals surface area (Å²) in [6.07, 6.45) is -0.652. The standard InChI is InChI=1S/C25H27N3O4.CH2O2/c29-12-17-4-3-6-19(10-17)23-21-7-2-1-5-18(21)8-9-22(23)32-13-20(30)11-28-15-25(16-28)14-26-24(31)27-25;2-1-3/h1-10,20,29-30H,11-16H2,(H2,26,27,31);1H,(H,2,3). The second kappa shape index (κ2) is 10.7. The molecule has 2 aliphatic rings. The number of nitrogens with one attached hydrogen (secondary N) is 2. The highest BCUT2D eigenvalue weighted by molar-refractivity contribution is 5.99. The van der Waals surface area contributed by atoms with E-state index >= 15 is 0 Å². The Hall–Kier alpha value is -3.66. The highest BCUT2D eigenvalue weighted by Gasteiger charge is 2.47. The Morgan fingerprint density at radius 1 is 1.11 bits per heavy atom. The quantitative estimate of drug-likeness (QED) is 0.327. The van der Waals surface area contributed by atoms with E-state index < -0.39 is 6.10 Å². The number of β-amino-alcohol motifs (C(OH)–C–C–N with tert-alkyl or cyclic N) is 1. The largest absolute Gasteiger partial charge is 0.490 e. The average Bonchev–Trinajstić information content (AvgIpc) is 3.24. The van der Waals surface area contributed by atoms with Crippen LogP contribution in [0.15, 0.2) is 60.7 Å². The molecule has 35 heavy (non-hydrogen) atoms. The van der Waals surface area contributed by atoms with Gasteiger partial charge in [0.05, 0.1) is 12.1 Å². The molecule has 0 aromatic heterocycles. The molecule has 9 nitrogen and oxygen atoms in total. The normalized spacial score (nSPS) is 17.0. The van der Waals surface area contributed by atoms with Gasteiger partial charge in [0.25, 0.3) is 6.47 Å². The van der Waals surface area contributed by atoms with Crippen LogP contribution in [0.5, 0.6) is 5.75 Å². The lowest BCUT2D eigenvalue weighted by molar-refractivity contribution is -0.122. The summed E-state index contributed by atoms with van der Waals surface area (Å²) >= 11 is 0. The summed E-state index contributed by atoms with van der Waals surface area (Å²) in [5, 5.41) is 35.0. The predicted octanol–water partition coefficient (Wildman–Crippen LogP) is 1.81. The van der Waals surface area contributed by atoms with Crippen molar-refractivity contribution in [2.75, 3.05) is 32.8 Å². The maximum absolute atomic E-state index is 11.4. The van der Waals surface area contributed by atoms with Crippen LogP contribution < -0.4 is 15.4 Å². The van der Waals surface area contributed by atoms with Gasteiger partial charge in [-0.05, 0) is 34.0 Å². The second-order valence-corrected chi connectivity index (χ2v) is 8.85. The average molecular weight is 480 g/mol. The van der Waals surface area contributed by atoms with Gasteiger partial charge < -0.3 is 30.7 Å². The molecule has 1 spiro atoms. The zero-order valence-electron chi connectivity index (χ0n) is 19.2. The number of rotatable bonds is 7. The Balaban J connectivity index is 0.000000917. The summed E-state index contributed by atoms with van der Waals surface area (Å²) in [4.78, 5) is 21.9. The maximum atomic E-state index is 11.4. The number of amides is 2. The van der Waals surface area contributed by atoms with Crippen molar-refractivity contribution in [1.82, 2.24) is 15.5 Å². The van der Waals surface area contributed by atoms with E-state index in [1.165, 1.54) is 0 Å². The molecule has 0 saturated carbocycles. The van der Waals surface area contributed by atoms with Gasteiger partial charge in [-0.2, -0.15) is 0 Å². The van der Waals surface area contributed by atoms with Gasteiger partial charge in [-0.3, -0.25) is 9.69 Å². The second-order valence-electron chi connectivity index (χ2n) is 8.85. The number of benzene rings is 3. The molecule has 0 aliphatic carbocycles. The lowest BCUT2D eigenvalue weighted by atomic mass is 9.91. The van der Waals surface area contributed by atoms with Crippen molar-refractivity contribution >= 4 is 23.3 Å². The highest BCUT2D eigenvalue weighted by atomic mass is 16.5. The van der Waals surface area contributed by atoms with Gasteiger partial charge in [0.15, 0.2) is 0 Å². The van der Waals surface area contributed by atoms with E-state index in [1.807, 2.05) is 48.5 Å². The van der Waals surface area contributed by atoms with Crippen molar-refractivity contribution in [2.24, 2.45) is 0 Å². The van der Waals surface area contributed by atoms with Gasteiger partial charge in [0.1, 0.15) is 18.5 Å². The molecule has 2 amide bonds. The van der Waals surface area contributed by atoms with Crippen molar-refractivity contribution in [3.8, 4) is 16.9 Å². The van der Waals surface area contributed by atoms with Crippen molar-refractivity contribution < 1.29 is 29.6 Å². The summed E-state index contributed by atoms with van der Waals surface area (Å²) in [6, 6.07) is 19.7. The van der Waals surface area contributed by atoms with Crippen molar-refractivity contribution in [3.05, 3.63) is 66.2 Å². The van der Waals surface area contributed by atoms with Gasteiger partial charge in [-0.1, -0.05) is 48.5 Å². The third kappa shape index (κ3) is 5.54. The van der Waals surface area contributed by atoms with E-state index in [0.717, 1.165) is 40.6 Å². The van der Waals surface area contributed by atoms with Crippen LogP contribution in [0.1, 0.15) is 5.56 Å². The number of carbonyl (C=O) groups is 2. The highest BCUT2D eigenvalue weighted by Crippen LogP contribution is 2.37. The molecule has 2 saturated heterocycles. The summed E-state index contributed by atoms with van der Waals surface area (Å²) in [5.41, 5.74) is 2.56. The van der Waals surface area contributed by atoms with Gasteiger partial charge in [-0.15, -0.1) is 0 Å². The smallest absolute Gasteiger partial charge is 0.315 e. The van der Waals surface area contributed by atoms with Crippen molar-refractivity contribution in [2.45, 2.75) is 18.2 Å². The minimum atomic E-state index is -0.652. The third-order valence-corrected chi connectivity index (χ3v) is 6.21. The van der Waals surface area contributed by atoms with Gasteiger partial charge in [-0.25, -0.2) is 4.79 Å². The molecular weight excluding hydrogens is 450 g/mol. The maximum Gasteiger partial charge on any atom is 0.315 e.